The first-order valence-corrected chi connectivity index (χ1v) is 5.69. The van der Waals surface area contributed by atoms with Crippen molar-refractivity contribution in [2.24, 2.45) is 5.92 Å². The Morgan fingerprint density at radius 2 is 2.25 bits per heavy atom. The molecule has 1 heterocycles. The second-order valence-electron chi connectivity index (χ2n) is 4.59. The zero-order valence-corrected chi connectivity index (χ0v) is 9.78. The molecule has 0 aliphatic heterocycles. The maximum Gasteiger partial charge on any atom is 0.214 e. The van der Waals surface area contributed by atoms with Gasteiger partial charge in [-0.1, -0.05) is 6.07 Å². The molecule has 0 radical (unpaired) electrons. The number of pyridine rings is 1. The third kappa shape index (κ3) is 2.92. The Balaban J connectivity index is 1.90. The van der Waals surface area contributed by atoms with E-state index in [-0.39, 0.29) is 0 Å². The van der Waals surface area contributed by atoms with Crippen LogP contribution in [0.4, 0.5) is 10.2 Å². The van der Waals surface area contributed by atoms with Gasteiger partial charge in [0.1, 0.15) is 5.82 Å². The fraction of sp³-hybridized carbons (Fsp3) is 0.583. The highest BCUT2D eigenvalue weighted by Gasteiger charge is 2.32. The van der Waals surface area contributed by atoms with Crippen molar-refractivity contribution >= 4 is 5.82 Å². The first kappa shape index (κ1) is 11.3. The lowest BCUT2D eigenvalue weighted by Crippen LogP contribution is -2.36. The molecular weight excluding hydrogens is 205 g/mol. The van der Waals surface area contributed by atoms with Crippen molar-refractivity contribution in [3.8, 4) is 0 Å². The topological polar surface area (TPSA) is 28.2 Å². The van der Waals surface area contributed by atoms with Crippen LogP contribution in [0.15, 0.2) is 18.2 Å². The van der Waals surface area contributed by atoms with Crippen LogP contribution in [0.5, 0.6) is 0 Å². The maximum absolute atomic E-state index is 12.9. The van der Waals surface area contributed by atoms with Crippen molar-refractivity contribution in [1.29, 1.82) is 0 Å². The number of aromatic nitrogens is 1. The van der Waals surface area contributed by atoms with Gasteiger partial charge in [0.05, 0.1) is 0 Å². The van der Waals surface area contributed by atoms with Gasteiger partial charge in [0.15, 0.2) is 0 Å². The second-order valence-corrected chi connectivity index (χ2v) is 4.59. The highest BCUT2D eigenvalue weighted by Crippen LogP contribution is 2.34. The van der Waals surface area contributed by atoms with Gasteiger partial charge in [0.2, 0.25) is 5.95 Å². The Kier molecular flexibility index (Phi) is 3.39. The van der Waals surface area contributed by atoms with Crippen LogP contribution in [0.2, 0.25) is 0 Å². The molecule has 1 saturated carbocycles. The number of hydrogen-bond donors (Lipinski definition) is 1. The fourth-order valence-corrected chi connectivity index (χ4v) is 1.97. The Morgan fingerprint density at radius 1 is 1.50 bits per heavy atom. The van der Waals surface area contributed by atoms with Crippen LogP contribution in [0.3, 0.4) is 0 Å². The smallest absolute Gasteiger partial charge is 0.214 e. The van der Waals surface area contributed by atoms with E-state index in [0.29, 0.717) is 11.9 Å². The van der Waals surface area contributed by atoms with Gasteiger partial charge in [-0.2, -0.15) is 4.39 Å². The summed E-state index contributed by atoms with van der Waals surface area (Å²) in [5.41, 5.74) is 0. The summed E-state index contributed by atoms with van der Waals surface area (Å²) in [5.74, 6) is 0.974. The molecule has 4 heteroatoms. The van der Waals surface area contributed by atoms with E-state index in [1.165, 1.54) is 18.9 Å². The molecule has 16 heavy (non-hydrogen) atoms. The SMILES string of the molecule is CN(C)C(CNc1cccc(F)n1)C1CC1. The number of likely N-dealkylation sites (N-methyl/N-ethyl adjacent to an activating group) is 1. The predicted octanol–water partition coefficient (Wildman–Crippen LogP) is 1.97. The number of halogens is 1. The van der Waals surface area contributed by atoms with Gasteiger partial charge >= 0.3 is 0 Å². The Morgan fingerprint density at radius 3 is 2.81 bits per heavy atom. The molecule has 0 bridgehead atoms. The molecule has 1 aliphatic rings. The highest BCUT2D eigenvalue weighted by molar-refractivity contribution is 5.33. The molecule has 0 spiro atoms. The highest BCUT2D eigenvalue weighted by atomic mass is 19.1. The molecule has 1 atom stereocenters. The van der Waals surface area contributed by atoms with Crippen molar-refractivity contribution in [2.75, 3.05) is 26.0 Å². The normalized spacial score (nSPS) is 17.5. The van der Waals surface area contributed by atoms with Gasteiger partial charge in [-0.3, -0.25) is 0 Å². The second kappa shape index (κ2) is 4.78. The van der Waals surface area contributed by atoms with Crippen LogP contribution in [0, 0.1) is 11.9 Å². The van der Waals surface area contributed by atoms with Crippen LogP contribution >= 0.6 is 0 Å². The molecule has 1 N–H and O–H groups in total. The Labute approximate surface area is 95.7 Å². The molecular formula is C12H18FN3. The van der Waals surface area contributed by atoms with Crippen molar-refractivity contribution in [2.45, 2.75) is 18.9 Å². The lowest BCUT2D eigenvalue weighted by molar-refractivity contribution is 0.276. The minimum absolute atomic E-state index is 0.433. The summed E-state index contributed by atoms with van der Waals surface area (Å²) in [5, 5.41) is 3.20. The molecule has 2 rings (SSSR count). The van der Waals surface area contributed by atoms with Crippen molar-refractivity contribution in [3.05, 3.63) is 24.1 Å². The fourth-order valence-electron chi connectivity index (χ4n) is 1.97. The first-order valence-electron chi connectivity index (χ1n) is 5.69. The van der Waals surface area contributed by atoms with Crippen LogP contribution in [-0.2, 0) is 0 Å². The summed E-state index contributed by atoms with van der Waals surface area (Å²) in [7, 11) is 4.17. The van der Waals surface area contributed by atoms with Gasteiger partial charge < -0.3 is 10.2 Å². The molecule has 0 saturated heterocycles. The number of rotatable bonds is 5. The van der Waals surface area contributed by atoms with E-state index >= 15 is 0 Å². The van der Waals surface area contributed by atoms with Crippen LogP contribution in [0.25, 0.3) is 0 Å². The molecule has 88 valence electrons. The third-order valence-electron chi connectivity index (χ3n) is 3.04. The van der Waals surface area contributed by atoms with Crippen molar-refractivity contribution < 1.29 is 4.39 Å². The standard InChI is InChI=1S/C12H18FN3/c1-16(2)10(9-6-7-9)8-14-12-5-3-4-11(13)15-12/h3-5,9-10H,6-8H2,1-2H3,(H,14,15). The molecule has 1 unspecified atom stereocenters. The van der Waals surface area contributed by atoms with E-state index in [9.17, 15) is 4.39 Å². The van der Waals surface area contributed by atoms with Gasteiger partial charge in [-0.05, 0) is 45.0 Å². The van der Waals surface area contributed by atoms with E-state index in [1.54, 1.807) is 12.1 Å². The van der Waals surface area contributed by atoms with Crippen molar-refractivity contribution in [3.63, 3.8) is 0 Å². The van der Waals surface area contributed by atoms with Gasteiger partial charge in [-0.25, -0.2) is 4.98 Å². The predicted molar refractivity (Wildman–Crippen MR) is 62.9 cm³/mol. The molecule has 1 aliphatic carbocycles. The van der Waals surface area contributed by atoms with Gasteiger partial charge in [0.25, 0.3) is 0 Å². The Bertz CT molecular complexity index is 348. The molecule has 1 aromatic rings. The third-order valence-corrected chi connectivity index (χ3v) is 3.04. The van der Waals surface area contributed by atoms with E-state index in [4.69, 9.17) is 0 Å². The maximum atomic E-state index is 12.9. The van der Waals surface area contributed by atoms with E-state index in [2.05, 4.69) is 29.3 Å². The van der Waals surface area contributed by atoms with E-state index in [0.717, 1.165) is 12.5 Å². The minimum atomic E-state index is -0.433. The first-order chi connectivity index (χ1) is 7.66. The minimum Gasteiger partial charge on any atom is -0.368 e. The molecule has 3 nitrogen and oxygen atoms in total. The quantitative estimate of drug-likeness (QED) is 0.774. The van der Waals surface area contributed by atoms with Crippen LogP contribution in [-0.4, -0.2) is 36.6 Å². The summed E-state index contributed by atoms with van der Waals surface area (Å²) >= 11 is 0. The number of hydrogen-bond acceptors (Lipinski definition) is 3. The monoisotopic (exact) mass is 223 g/mol. The zero-order chi connectivity index (χ0) is 11.5. The molecule has 0 amide bonds. The summed E-state index contributed by atoms with van der Waals surface area (Å²) in [6.07, 6.45) is 2.61. The van der Waals surface area contributed by atoms with Crippen LogP contribution < -0.4 is 5.32 Å². The van der Waals surface area contributed by atoms with Crippen molar-refractivity contribution in [1.82, 2.24) is 9.88 Å². The van der Waals surface area contributed by atoms with Gasteiger partial charge in [-0.15, -0.1) is 0 Å². The lowest BCUT2D eigenvalue weighted by Gasteiger charge is -2.24. The zero-order valence-electron chi connectivity index (χ0n) is 9.78. The summed E-state index contributed by atoms with van der Waals surface area (Å²) < 4.78 is 12.9. The number of nitrogens with zero attached hydrogens (tertiary/aromatic N) is 2. The summed E-state index contributed by atoms with van der Waals surface area (Å²) in [4.78, 5) is 6.01. The summed E-state index contributed by atoms with van der Waals surface area (Å²) in [6, 6.07) is 5.34. The largest absolute Gasteiger partial charge is 0.368 e. The van der Waals surface area contributed by atoms with Gasteiger partial charge in [0, 0.05) is 12.6 Å². The average molecular weight is 223 g/mol. The number of nitrogens with one attached hydrogen (secondary N) is 1. The van der Waals surface area contributed by atoms with Crippen LogP contribution in [0.1, 0.15) is 12.8 Å². The average Bonchev–Trinajstić information content (AvgIpc) is 3.02. The summed E-state index contributed by atoms with van der Waals surface area (Å²) in [6.45, 7) is 0.828. The molecule has 1 fully saturated rings. The molecule has 0 aromatic carbocycles. The Hall–Kier alpha value is -1.16. The number of anilines is 1. The van der Waals surface area contributed by atoms with E-state index in [1.807, 2.05) is 0 Å². The van der Waals surface area contributed by atoms with E-state index < -0.39 is 5.95 Å². The lowest BCUT2D eigenvalue weighted by atomic mass is 10.1. The molecule has 1 aromatic heterocycles.